The summed E-state index contributed by atoms with van der Waals surface area (Å²) in [5.74, 6) is 0.957. The molecule has 0 aliphatic rings. The van der Waals surface area contributed by atoms with E-state index < -0.39 is 0 Å². The number of ether oxygens (including phenoxy) is 1. The first-order valence-corrected chi connectivity index (χ1v) is 6.82. The lowest BCUT2D eigenvalue weighted by atomic mass is 9.94. The quantitative estimate of drug-likeness (QED) is 0.925. The van der Waals surface area contributed by atoms with Crippen molar-refractivity contribution in [3.8, 4) is 5.75 Å². The standard InChI is InChI=1S/C17H22N2O/c1-11-6-7-15(17(20-5)13(11)3)16(18-4)14-8-9-19-12(2)10-14/h6-10,16,18H,1-5H3. The topological polar surface area (TPSA) is 34.2 Å². The molecular weight excluding hydrogens is 248 g/mol. The largest absolute Gasteiger partial charge is 0.496 e. The molecule has 1 N–H and O–H groups in total. The van der Waals surface area contributed by atoms with E-state index >= 15 is 0 Å². The maximum Gasteiger partial charge on any atom is 0.127 e. The van der Waals surface area contributed by atoms with Gasteiger partial charge in [0.05, 0.1) is 13.2 Å². The number of hydrogen-bond donors (Lipinski definition) is 1. The highest BCUT2D eigenvalue weighted by Gasteiger charge is 2.18. The number of pyridine rings is 1. The average Bonchev–Trinajstić information content (AvgIpc) is 2.44. The van der Waals surface area contributed by atoms with E-state index in [9.17, 15) is 0 Å². The van der Waals surface area contributed by atoms with Crippen LogP contribution in [0.4, 0.5) is 0 Å². The molecule has 0 spiro atoms. The number of nitrogens with one attached hydrogen (secondary N) is 1. The van der Waals surface area contributed by atoms with Crippen LogP contribution in [-0.4, -0.2) is 19.1 Å². The maximum atomic E-state index is 5.64. The summed E-state index contributed by atoms with van der Waals surface area (Å²) in [6, 6.07) is 8.54. The molecule has 0 amide bonds. The molecule has 106 valence electrons. The zero-order valence-electron chi connectivity index (χ0n) is 12.8. The Labute approximate surface area is 121 Å². The Morgan fingerprint density at radius 1 is 1.15 bits per heavy atom. The summed E-state index contributed by atoms with van der Waals surface area (Å²) in [4.78, 5) is 4.27. The highest BCUT2D eigenvalue weighted by molar-refractivity contribution is 5.49. The number of methoxy groups -OCH3 is 1. The SMILES string of the molecule is CNC(c1ccnc(C)c1)c1ccc(C)c(C)c1OC. The van der Waals surface area contributed by atoms with E-state index in [1.165, 1.54) is 16.7 Å². The first kappa shape index (κ1) is 14.5. The minimum absolute atomic E-state index is 0.103. The molecule has 2 aromatic rings. The van der Waals surface area contributed by atoms with Crippen molar-refractivity contribution in [2.45, 2.75) is 26.8 Å². The molecular formula is C17H22N2O. The van der Waals surface area contributed by atoms with Crippen LogP contribution in [0, 0.1) is 20.8 Å². The third-order valence-electron chi connectivity index (χ3n) is 3.77. The van der Waals surface area contributed by atoms with Crippen LogP contribution in [0.2, 0.25) is 0 Å². The van der Waals surface area contributed by atoms with Crippen LogP contribution in [0.25, 0.3) is 0 Å². The third-order valence-corrected chi connectivity index (χ3v) is 3.77. The van der Waals surface area contributed by atoms with Crippen molar-refractivity contribution in [1.29, 1.82) is 0 Å². The van der Waals surface area contributed by atoms with E-state index in [1.54, 1.807) is 7.11 Å². The van der Waals surface area contributed by atoms with Gasteiger partial charge in [0.25, 0.3) is 0 Å². The third kappa shape index (κ3) is 2.68. The van der Waals surface area contributed by atoms with Gasteiger partial charge in [-0.3, -0.25) is 4.98 Å². The minimum atomic E-state index is 0.103. The predicted octanol–water partition coefficient (Wildman–Crippen LogP) is 3.32. The molecule has 20 heavy (non-hydrogen) atoms. The molecule has 2 rings (SSSR count). The van der Waals surface area contributed by atoms with E-state index in [1.807, 2.05) is 26.2 Å². The fourth-order valence-electron chi connectivity index (χ4n) is 2.56. The molecule has 0 bridgehead atoms. The summed E-state index contributed by atoms with van der Waals surface area (Å²) < 4.78 is 5.64. The van der Waals surface area contributed by atoms with Gasteiger partial charge in [0.2, 0.25) is 0 Å². The summed E-state index contributed by atoms with van der Waals surface area (Å²) in [7, 11) is 3.70. The van der Waals surface area contributed by atoms with Crippen molar-refractivity contribution >= 4 is 0 Å². The van der Waals surface area contributed by atoms with Crippen LogP contribution in [0.5, 0.6) is 5.75 Å². The van der Waals surface area contributed by atoms with Crippen molar-refractivity contribution in [2.24, 2.45) is 0 Å². The van der Waals surface area contributed by atoms with Crippen LogP contribution < -0.4 is 10.1 Å². The molecule has 1 unspecified atom stereocenters. The average molecular weight is 270 g/mol. The monoisotopic (exact) mass is 270 g/mol. The van der Waals surface area contributed by atoms with Crippen LogP contribution in [0.15, 0.2) is 30.5 Å². The number of nitrogens with zero attached hydrogens (tertiary/aromatic N) is 1. The molecule has 0 aliphatic carbocycles. The van der Waals surface area contributed by atoms with E-state index in [0.717, 1.165) is 17.0 Å². The highest BCUT2D eigenvalue weighted by Crippen LogP contribution is 2.33. The number of aryl methyl sites for hydroxylation is 2. The van der Waals surface area contributed by atoms with Gasteiger partial charge in [-0.1, -0.05) is 12.1 Å². The zero-order chi connectivity index (χ0) is 14.7. The van der Waals surface area contributed by atoms with Crippen LogP contribution in [0.3, 0.4) is 0 Å². The Morgan fingerprint density at radius 2 is 1.90 bits per heavy atom. The molecule has 0 fully saturated rings. The molecule has 0 radical (unpaired) electrons. The Morgan fingerprint density at radius 3 is 2.50 bits per heavy atom. The van der Waals surface area contributed by atoms with Crippen molar-refractivity contribution in [2.75, 3.05) is 14.2 Å². The number of hydrogen-bond acceptors (Lipinski definition) is 3. The van der Waals surface area contributed by atoms with Gasteiger partial charge in [0.15, 0.2) is 0 Å². The summed E-state index contributed by atoms with van der Waals surface area (Å²) in [5, 5.41) is 3.38. The zero-order valence-corrected chi connectivity index (χ0v) is 12.8. The first-order valence-electron chi connectivity index (χ1n) is 6.82. The normalized spacial score (nSPS) is 12.2. The molecule has 1 aromatic heterocycles. The Kier molecular flexibility index (Phi) is 4.40. The lowest BCUT2D eigenvalue weighted by Crippen LogP contribution is -2.19. The Balaban J connectivity index is 2.55. The van der Waals surface area contributed by atoms with E-state index in [4.69, 9.17) is 4.74 Å². The fraction of sp³-hybridized carbons (Fsp3) is 0.353. The van der Waals surface area contributed by atoms with Gasteiger partial charge in [-0.05, 0) is 56.6 Å². The Bertz CT molecular complexity index is 608. The van der Waals surface area contributed by atoms with Crippen LogP contribution in [0.1, 0.15) is 34.0 Å². The highest BCUT2D eigenvalue weighted by atomic mass is 16.5. The molecule has 0 saturated heterocycles. The summed E-state index contributed by atoms with van der Waals surface area (Å²) >= 11 is 0. The molecule has 1 aromatic carbocycles. The van der Waals surface area contributed by atoms with Crippen LogP contribution >= 0.6 is 0 Å². The first-order chi connectivity index (χ1) is 9.58. The molecule has 0 aliphatic heterocycles. The molecule has 3 heteroatoms. The molecule has 0 saturated carbocycles. The second-order valence-corrected chi connectivity index (χ2v) is 5.08. The van der Waals surface area contributed by atoms with E-state index in [0.29, 0.717) is 0 Å². The lowest BCUT2D eigenvalue weighted by molar-refractivity contribution is 0.402. The minimum Gasteiger partial charge on any atom is -0.496 e. The number of aromatic nitrogens is 1. The maximum absolute atomic E-state index is 5.64. The Hall–Kier alpha value is -1.87. The van der Waals surface area contributed by atoms with E-state index in [2.05, 4.69) is 42.3 Å². The van der Waals surface area contributed by atoms with E-state index in [-0.39, 0.29) is 6.04 Å². The van der Waals surface area contributed by atoms with Gasteiger partial charge >= 0.3 is 0 Å². The second-order valence-electron chi connectivity index (χ2n) is 5.08. The smallest absolute Gasteiger partial charge is 0.127 e. The fourth-order valence-corrected chi connectivity index (χ4v) is 2.56. The van der Waals surface area contributed by atoms with Crippen molar-refractivity contribution in [3.05, 3.63) is 58.4 Å². The second kappa shape index (κ2) is 6.06. The van der Waals surface area contributed by atoms with Gasteiger partial charge in [0.1, 0.15) is 5.75 Å². The van der Waals surface area contributed by atoms with Crippen molar-refractivity contribution in [1.82, 2.24) is 10.3 Å². The van der Waals surface area contributed by atoms with Gasteiger partial charge in [-0.15, -0.1) is 0 Å². The van der Waals surface area contributed by atoms with Crippen LogP contribution in [-0.2, 0) is 0 Å². The molecule has 3 nitrogen and oxygen atoms in total. The lowest BCUT2D eigenvalue weighted by Gasteiger charge is -2.22. The van der Waals surface area contributed by atoms with Gasteiger partial charge in [0, 0.05) is 17.5 Å². The van der Waals surface area contributed by atoms with Crippen molar-refractivity contribution in [3.63, 3.8) is 0 Å². The number of benzene rings is 1. The van der Waals surface area contributed by atoms with Gasteiger partial charge in [-0.2, -0.15) is 0 Å². The predicted molar refractivity (Wildman–Crippen MR) is 82.3 cm³/mol. The summed E-state index contributed by atoms with van der Waals surface area (Å²) in [5.41, 5.74) is 5.80. The molecule has 1 atom stereocenters. The summed E-state index contributed by atoms with van der Waals surface area (Å²) in [6.45, 7) is 6.21. The summed E-state index contributed by atoms with van der Waals surface area (Å²) in [6.07, 6.45) is 1.85. The van der Waals surface area contributed by atoms with Crippen molar-refractivity contribution < 1.29 is 4.74 Å². The molecule has 1 heterocycles. The van der Waals surface area contributed by atoms with Gasteiger partial charge < -0.3 is 10.1 Å². The number of rotatable bonds is 4. The van der Waals surface area contributed by atoms with Gasteiger partial charge in [-0.25, -0.2) is 0 Å².